The third-order valence-corrected chi connectivity index (χ3v) is 3.69. The molecule has 1 saturated heterocycles. The fourth-order valence-corrected chi connectivity index (χ4v) is 2.47. The molecule has 0 aliphatic carbocycles. The van der Waals surface area contributed by atoms with Gasteiger partial charge in [0.1, 0.15) is 0 Å². The van der Waals surface area contributed by atoms with Gasteiger partial charge < -0.3 is 10.2 Å². The minimum Gasteiger partial charge on any atom is -0.336 e. The number of carbonyl (C=O) groups is 1. The van der Waals surface area contributed by atoms with Gasteiger partial charge in [0.25, 0.3) is 5.91 Å². The van der Waals surface area contributed by atoms with Crippen molar-refractivity contribution in [3.63, 3.8) is 0 Å². The standard InChI is InChI=1S/C15H22N2O/c1-11-6-5-7-13(12(11)2)14(18)17-9-8-16-15(3,4)10-17/h5-7,16H,8-10H2,1-4H3. The molecule has 0 bridgehead atoms. The first kappa shape index (κ1) is 13.1. The van der Waals surface area contributed by atoms with Gasteiger partial charge in [-0.25, -0.2) is 0 Å². The molecule has 2 rings (SSSR count). The van der Waals surface area contributed by atoms with Crippen LogP contribution < -0.4 is 5.32 Å². The van der Waals surface area contributed by atoms with Crippen LogP contribution in [0.15, 0.2) is 18.2 Å². The van der Waals surface area contributed by atoms with E-state index in [1.54, 1.807) is 0 Å². The molecule has 3 nitrogen and oxygen atoms in total. The molecule has 1 N–H and O–H groups in total. The van der Waals surface area contributed by atoms with Crippen molar-refractivity contribution in [2.24, 2.45) is 0 Å². The van der Waals surface area contributed by atoms with Crippen LogP contribution in [0.3, 0.4) is 0 Å². The van der Waals surface area contributed by atoms with Gasteiger partial charge in [0.15, 0.2) is 0 Å². The largest absolute Gasteiger partial charge is 0.336 e. The zero-order valence-electron chi connectivity index (χ0n) is 11.7. The molecule has 0 radical (unpaired) electrons. The number of rotatable bonds is 1. The Morgan fingerprint density at radius 2 is 2.06 bits per heavy atom. The summed E-state index contributed by atoms with van der Waals surface area (Å²) in [5, 5.41) is 3.43. The first-order valence-electron chi connectivity index (χ1n) is 6.51. The molecule has 1 heterocycles. The molecule has 0 aromatic heterocycles. The lowest BCUT2D eigenvalue weighted by molar-refractivity contribution is 0.0651. The number of nitrogens with zero attached hydrogens (tertiary/aromatic N) is 1. The first-order chi connectivity index (χ1) is 8.41. The molecule has 1 aliphatic rings. The number of hydrogen-bond acceptors (Lipinski definition) is 2. The van der Waals surface area contributed by atoms with Gasteiger partial charge in [-0.15, -0.1) is 0 Å². The summed E-state index contributed by atoms with van der Waals surface area (Å²) < 4.78 is 0. The van der Waals surface area contributed by atoms with E-state index in [1.807, 2.05) is 36.9 Å². The summed E-state index contributed by atoms with van der Waals surface area (Å²) in [6.07, 6.45) is 0. The monoisotopic (exact) mass is 246 g/mol. The number of carbonyl (C=O) groups excluding carboxylic acids is 1. The number of aryl methyl sites for hydroxylation is 1. The van der Waals surface area contributed by atoms with Crippen molar-refractivity contribution in [3.8, 4) is 0 Å². The van der Waals surface area contributed by atoms with E-state index in [4.69, 9.17) is 0 Å². The highest BCUT2D eigenvalue weighted by atomic mass is 16.2. The average molecular weight is 246 g/mol. The van der Waals surface area contributed by atoms with Gasteiger partial charge in [0, 0.05) is 30.7 Å². The van der Waals surface area contributed by atoms with E-state index in [1.165, 1.54) is 5.56 Å². The van der Waals surface area contributed by atoms with Crippen LogP contribution in [0, 0.1) is 13.8 Å². The predicted molar refractivity (Wildman–Crippen MR) is 73.9 cm³/mol. The third-order valence-electron chi connectivity index (χ3n) is 3.69. The summed E-state index contributed by atoms with van der Waals surface area (Å²) in [6.45, 7) is 10.8. The fraction of sp³-hybridized carbons (Fsp3) is 0.533. The second-order valence-electron chi connectivity index (χ2n) is 5.78. The normalized spacial score (nSPS) is 18.8. The van der Waals surface area contributed by atoms with E-state index in [9.17, 15) is 4.79 Å². The van der Waals surface area contributed by atoms with Crippen LogP contribution in [0.5, 0.6) is 0 Å². The van der Waals surface area contributed by atoms with Crippen molar-refractivity contribution in [2.45, 2.75) is 33.2 Å². The van der Waals surface area contributed by atoms with Gasteiger partial charge in [-0.3, -0.25) is 4.79 Å². The lowest BCUT2D eigenvalue weighted by Crippen LogP contribution is -2.58. The van der Waals surface area contributed by atoms with Crippen LogP contribution >= 0.6 is 0 Å². The SMILES string of the molecule is Cc1cccc(C(=O)N2CCNC(C)(C)C2)c1C. The Bertz CT molecular complexity index is 466. The van der Waals surface area contributed by atoms with Crippen LogP contribution in [0.1, 0.15) is 35.3 Å². The van der Waals surface area contributed by atoms with Crippen molar-refractivity contribution < 1.29 is 4.79 Å². The van der Waals surface area contributed by atoms with E-state index in [-0.39, 0.29) is 11.4 Å². The molecular formula is C15H22N2O. The first-order valence-corrected chi connectivity index (χ1v) is 6.51. The van der Waals surface area contributed by atoms with Crippen molar-refractivity contribution in [1.29, 1.82) is 0 Å². The van der Waals surface area contributed by atoms with Crippen LogP contribution in [-0.2, 0) is 0 Å². The van der Waals surface area contributed by atoms with Crippen LogP contribution in [0.2, 0.25) is 0 Å². The van der Waals surface area contributed by atoms with Gasteiger partial charge in [0.05, 0.1) is 0 Å². The van der Waals surface area contributed by atoms with E-state index < -0.39 is 0 Å². The summed E-state index contributed by atoms with van der Waals surface area (Å²) in [4.78, 5) is 14.5. The maximum atomic E-state index is 12.6. The topological polar surface area (TPSA) is 32.3 Å². The Labute approximate surface area is 109 Å². The summed E-state index contributed by atoms with van der Waals surface area (Å²) in [5.74, 6) is 0.158. The molecule has 0 saturated carbocycles. The van der Waals surface area contributed by atoms with Crippen molar-refractivity contribution in [1.82, 2.24) is 10.2 Å². The average Bonchev–Trinajstić information content (AvgIpc) is 2.30. The molecule has 0 atom stereocenters. The highest BCUT2D eigenvalue weighted by molar-refractivity contribution is 5.96. The molecule has 3 heteroatoms. The van der Waals surface area contributed by atoms with Crippen molar-refractivity contribution in [3.05, 3.63) is 34.9 Å². The quantitative estimate of drug-likeness (QED) is 0.823. The Morgan fingerprint density at radius 3 is 2.72 bits per heavy atom. The maximum absolute atomic E-state index is 12.6. The second-order valence-corrected chi connectivity index (χ2v) is 5.78. The lowest BCUT2D eigenvalue weighted by atomic mass is 9.99. The molecule has 98 valence electrons. The Balaban J connectivity index is 2.23. The summed E-state index contributed by atoms with van der Waals surface area (Å²) >= 11 is 0. The number of piperazine rings is 1. The Hall–Kier alpha value is -1.35. The molecule has 1 amide bonds. The van der Waals surface area contributed by atoms with Gasteiger partial charge in [-0.1, -0.05) is 12.1 Å². The molecule has 18 heavy (non-hydrogen) atoms. The van der Waals surface area contributed by atoms with Gasteiger partial charge in [0.2, 0.25) is 0 Å². The summed E-state index contributed by atoms with van der Waals surface area (Å²) in [7, 11) is 0. The summed E-state index contributed by atoms with van der Waals surface area (Å²) in [6, 6.07) is 5.94. The zero-order valence-corrected chi connectivity index (χ0v) is 11.7. The maximum Gasteiger partial charge on any atom is 0.254 e. The highest BCUT2D eigenvalue weighted by Crippen LogP contribution is 2.18. The zero-order chi connectivity index (χ0) is 13.3. The van der Waals surface area contributed by atoms with Gasteiger partial charge in [-0.2, -0.15) is 0 Å². The van der Waals surface area contributed by atoms with E-state index >= 15 is 0 Å². The molecule has 0 spiro atoms. The smallest absolute Gasteiger partial charge is 0.254 e. The number of hydrogen-bond donors (Lipinski definition) is 1. The minimum atomic E-state index is 0.00560. The molecule has 1 aromatic rings. The second kappa shape index (κ2) is 4.73. The molecule has 0 unspecified atom stereocenters. The van der Waals surface area contributed by atoms with E-state index in [0.717, 1.165) is 30.8 Å². The molecule has 1 fully saturated rings. The minimum absolute atomic E-state index is 0.00560. The fourth-order valence-electron chi connectivity index (χ4n) is 2.47. The van der Waals surface area contributed by atoms with Gasteiger partial charge >= 0.3 is 0 Å². The predicted octanol–water partition coefficient (Wildman–Crippen LogP) is 2.13. The van der Waals surface area contributed by atoms with Crippen LogP contribution in [0.25, 0.3) is 0 Å². The molecule has 1 aliphatic heterocycles. The molecule has 1 aromatic carbocycles. The number of amides is 1. The van der Waals surface area contributed by atoms with E-state index in [2.05, 4.69) is 19.2 Å². The van der Waals surface area contributed by atoms with Crippen LogP contribution in [0.4, 0.5) is 0 Å². The lowest BCUT2D eigenvalue weighted by Gasteiger charge is -2.39. The highest BCUT2D eigenvalue weighted by Gasteiger charge is 2.29. The third kappa shape index (κ3) is 2.56. The molecular weight excluding hydrogens is 224 g/mol. The Kier molecular flexibility index (Phi) is 3.44. The number of benzene rings is 1. The van der Waals surface area contributed by atoms with Crippen molar-refractivity contribution >= 4 is 5.91 Å². The van der Waals surface area contributed by atoms with Crippen molar-refractivity contribution in [2.75, 3.05) is 19.6 Å². The van der Waals surface area contributed by atoms with E-state index in [0.29, 0.717) is 0 Å². The number of nitrogens with one attached hydrogen (secondary N) is 1. The van der Waals surface area contributed by atoms with Gasteiger partial charge in [-0.05, 0) is 44.9 Å². The van der Waals surface area contributed by atoms with Crippen LogP contribution in [-0.4, -0.2) is 36.0 Å². The summed E-state index contributed by atoms with van der Waals surface area (Å²) in [5.41, 5.74) is 3.12. The Morgan fingerprint density at radius 1 is 1.33 bits per heavy atom.